The first-order valence-electron chi connectivity index (χ1n) is 6.16. The van der Waals surface area contributed by atoms with Gasteiger partial charge in [0.2, 0.25) is 0 Å². The highest BCUT2D eigenvalue weighted by molar-refractivity contribution is 5.97. The SMILES string of the molecule is CCCCNC(=O)NNC(=O)c1ccccc1OC. The number of urea groups is 1. The van der Waals surface area contributed by atoms with Crippen LogP contribution in [0.3, 0.4) is 0 Å². The molecule has 0 atom stereocenters. The van der Waals surface area contributed by atoms with Crippen molar-refractivity contribution in [3.63, 3.8) is 0 Å². The van der Waals surface area contributed by atoms with Gasteiger partial charge in [-0.15, -0.1) is 0 Å². The average molecular weight is 265 g/mol. The van der Waals surface area contributed by atoms with E-state index in [1.807, 2.05) is 6.92 Å². The van der Waals surface area contributed by atoms with E-state index in [1.165, 1.54) is 7.11 Å². The number of ether oxygens (including phenoxy) is 1. The fourth-order valence-corrected chi connectivity index (χ4v) is 1.44. The lowest BCUT2D eigenvalue weighted by molar-refractivity contribution is 0.0933. The van der Waals surface area contributed by atoms with Gasteiger partial charge in [0, 0.05) is 6.54 Å². The Labute approximate surface area is 112 Å². The molecule has 0 unspecified atom stereocenters. The summed E-state index contributed by atoms with van der Waals surface area (Å²) in [6.07, 6.45) is 1.89. The number of nitrogens with one attached hydrogen (secondary N) is 3. The van der Waals surface area contributed by atoms with Gasteiger partial charge in [-0.05, 0) is 18.6 Å². The second-order valence-electron chi connectivity index (χ2n) is 3.89. The van der Waals surface area contributed by atoms with Crippen LogP contribution in [0.2, 0.25) is 0 Å². The lowest BCUT2D eigenvalue weighted by Gasteiger charge is -2.10. The standard InChI is InChI=1S/C13H19N3O3/c1-3-4-9-14-13(18)16-15-12(17)10-7-5-6-8-11(10)19-2/h5-8H,3-4,9H2,1-2H3,(H,15,17)(H2,14,16,18). The van der Waals surface area contributed by atoms with Gasteiger partial charge in [0.15, 0.2) is 0 Å². The lowest BCUT2D eigenvalue weighted by Crippen LogP contribution is -2.47. The van der Waals surface area contributed by atoms with Crippen molar-refractivity contribution in [3.8, 4) is 5.75 Å². The molecule has 0 saturated heterocycles. The summed E-state index contributed by atoms with van der Waals surface area (Å²) < 4.78 is 5.06. The number of unbranched alkanes of at least 4 members (excludes halogenated alkanes) is 1. The molecule has 0 aromatic heterocycles. The van der Waals surface area contributed by atoms with E-state index >= 15 is 0 Å². The third-order valence-electron chi connectivity index (χ3n) is 2.46. The first-order valence-corrected chi connectivity index (χ1v) is 6.16. The number of carbonyl (C=O) groups is 2. The fourth-order valence-electron chi connectivity index (χ4n) is 1.44. The molecule has 6 nitrogen and oxygen atoms in total. The smallest absolute Gasteiger partial charge is 0.333 e. The number of hydrazine groups is 1. The highest BCUT2D eigenvalue weighted by Gasteiger charge is 2.11. The molecule has 1 aromatic carbocycles. The van der Waals surface area contributed by atoms with Crippen molar-refractivity contribution in [2.24, 2.45) is 0 Å². The lowest BCUT2D eigenvalue weighted by atomic mass is 10.2. The van der Waals surface area contributed by atoms with E-state index in [2.05, 4.69) is 16.2 Å². The Morgan fingerprint density at radius 2 is 1.95 bits per heavy atom. The molecular formula is C13H19N3O3. The Morgan fingerprint density at radius 1 is 1.21 bits per heavy atom. The number of amides is 3. The summed E-state index contributed by atoms with van der Waals surface area (Å²) in [6, 6.07) is 6.34. The van der Waals surface area contributed by atoms with Crippen LogP contribution in [0, 0.1) is 0 Å². The van der Waals surface area contributed by atoms with Crippen LogP contribution < -0.4 is 20.9 Å². The number of carbonyl (C=O) groups excluding carboxylic acids is 2. The summed E-state index contributed by atoms with van der Waals surface area (Å²) in [5.74, 6) is 0.0243. The largest absolute Gasteiger partial charge is 0.496 e. The Morgan fingerprint density at radius 3 is 2.63 bits per heavy atom. The zero-order chi connectivity index (χ0) is 14.1. The molecule has 3 amide bonds. The van der Waals surface area contributed by atoms with Crippen LogP contribution in [0.1, 0.15) is 30.1 Å². The van der Waals surface area contributed by atoms with E-state index in [4.69, 9.17) is 4.74 Å². The molecule has 3 N–H and O–H groups in total. The molecule has 0 aliphatic carbocycles. The van der Waals surface area contributed by atoms with Crippen LogP contribution in [0.25, 0.3) is 0 Å². The third-order valence-corrected chi connectivity index (χ3v) is 2.46. The predicted molar refractivity (Wildman–Crippen MR) is 71.9 cm³/mol. The molecule has 0 aliphatic heterocycles. The first-order chi connectivity index (χ1) is 9.19. The normalized spacial score (nSPS) is 9.58. The van der Waals surface area contributed by atoms with Gasteiger partial charge in [0.05, 0.1) is 12.7 Å². The molecule has 1 aromatic rings. The summed E-state index contributed by atoms with van der Waals surface area (Å²) in [5, 5.41) is 2.62. The minimum Gasteiger partial charge on any atom is -0.496 e. The van der Waals surface area contributed by atoms with Crippen molar-refractivity contribution in [1.29, 1.82) is 0 Å². The van der Waals surface area contributed by atoms with Crippen molar-refractivity contribution in [2.75, 3.05) is 13.7 Å². The summed E-state index contributed by atoms with van der Waals surface area (Å²) in [5.41, 5.74) is 4.97. The molecule has 0 saturated carbocycles. The second-order valence-corrected chi connectivity index (χ2v) is 3.89. The fraction of sp³-hybridized carbons (Fsp3) is 0.385. The molecule has 19 heavy (non-hydrogen) atoms. The number of benzene rings is 1. The van der Waals surface area contributed by atoms with Gasteiger partial charge < -0.3 is 10.1 Å². The molecule has 0 heterocycles. The molecule has 0 aliphatic rings. The van der Waals surface area contributed by atoms with Gasteiger partial charge in [-0.2, -0.15) is 0 Å². The minimum atomic E-state index is -0.434. The molecule has 0 spiro atoms. The van der Waals surface area contributed by atoms with Crippen LogP contribution in [0.15, 0.2) is 24.3 Å². The van der Waals surface area contributed by atoms with E-state index < -0.39 is 11.9 Å². The number of hydrogen-bond acceptors (Lipinski definition) is 3. The van der Waals surface area contributed by atoms with Crippen LogP contribution in [-0.4, -0.2) is 25.6 Å². The summed E-state index contributed by atoms with van der Waals surface area (Å²) in [4.78, 5) is 23.2. The quantitative estimate of drug-likeness (QED) is 0.556. The molecule has 1 rings (SSSR count). The van der Waals surface area contributed by atoms with E-state index in [9.17, 15) is 9.59 Å². The third kappa shape index (κ3) is 4.87. The van der Waals surface area contributed by atoms with Crippen molar-refractivity contribution in [1.82, 2.24) is 16.2 Å². The number of methoxy groups -OCH3 is 1. The summed E-state index contributed by atoms with van der Waals surface area (Å²) in [7, 11) is 1.48. The van der Waals surface area contributed by atoms with Gasteiger partial charge in [0.1, 0.15) is 5.75 Å². The monoisotopic (exact) mass is 265 g/mol. The highest BCUT2D eigenvalue weighted by Crippen LogP contribution is 2.16. The molecule has 0 fully saturated rings. The maximum Gasteiger partial charge on any atom is 0.333 e. The van der Waals surface area contributed by atoms with Crippen molar-refractivity contribution in [2.45, 2.75) is 19.8 Å². The minimum absolute atomic E-state index is 0.360. The number of para-hydroxylation sites is 1. The Bertz CT molecular complexity index is 435. The van der Waals surface area contributed by atoms with Crippen LogP contribution in [0.5, 0.6) is 5.75 Å². The molecule has 6 heteroatoms. The van der Waals surface area contributed by atoms with Gasteiger partial charge in [-0.3, -0.25) is 10.2 Å². The van der Waals surface area contributed by atoms with Crippen molar-refractivity contribution >= 4 is 11.9 Å². The van der Waals surface area contributed by atoms with E-state index in [1.54, 1.807) is 24.3 Å². The van der Waals surface area contributed by atoms with Crippen molar-refractivity contribution in [3.05, 3.63) is 29.8 Å². The second kappa shape index (κ2) is 7.97. The maximum absolute atomic E-state index is 11.8. The first kappa shape index (κ1) is 14.8. The molecule has 0 radical (unpaired) electrons. The Balaban J connectivity index is 2.44. The molecule has 104 valence electrons. The van der Waals surface area contributed by atoms with Crippen LogP contribution in [-0.2, 0) is 0 Å². The zero-order valence-corrected chi connectivity index (χ0v) is 11.2. The number of hydrogen-bond donors (Lipinski definition) is 3. The van der Waals surface area contributed by atoms with Gasteiger partial charge in [0.25, 0.3) is 5.91 Å². The Hall–Kier alpha value is -2.24. The predicted octanol–water partition coefficient (Wildman–Crippen LogP) is 1.44. The van der Waals surface area contributed by atoms with Gasteiger partial charge >= 0.3 is 6.03 Å². The van der Waals surface area contributed by atoms with E-state index in [-0.39, 0.29) is 0 Å². The Kier molecular flexibility index (Phi) is 6.21. The average Bonchev–Trinajstić information content (AvgIpc) is 2.45. The van der Waals surface area contributed by atoms with E-state index in [0.29, 0.717) is 17.9 Å². The van der Waals surface area contributed by atoms with Crippen molar-refractivity contribution < 1.29 is 14.3 Å². The zero-order valence-electron chi connectivity index (χ0n) is 11.2. The summed E-state index contributed by atoms with van der Waals surface area (Å²) in [6.45, 7) is 2.61. The van der Waals surface area contributed by atoms with Gasteiger partial charge in [-0.25, -0.2) is 10.2 Å². The molecule has 0 bridgehead atoms. The van der Waals surface area contributed by atoms with E-state index in [0.717, 1.165) is 12.8 Å². The molecular weight excluding hydrogens is 246 g/mol. The number of rotatable bonds is 5. The van der Waals surface area contributed by atoms with Crippen LogP contribution >= 0.6 is 0 Å². The topological polar surface area (TPSA) is 79.5 Å². The van der Waals surface area contributed by atoms with Gasteiger partial charge in [-0.1, -0.05) is 25.5 Å². The maximum atomic E-state index is 11.8. The highest BCUT2D eigenvalue weighted by atomic mass is 16.5. The summed E-state index contributed by atoms with van der Waals surface area (Å²) >= 11 is 0. The van der Waals surface area contributed by atoms with Crippen LogP contribution in [0.4, 0.5) is 4.79 Å².